The first-order valence-corrected chi connectivity index (χ1v) is 2.86. The maximum absolute atomic E-state index is 12.0. The highest BCUT2D eigenvalue weighted by atomic mass is 19.4. The quantitative estimate of drug-likeness (QED) is 0.422. The Morgan fingerprint density at radius 3 is 1.57 bits per heavy atom. The van der Waals surface area contributed by atoms with E-state index in [9.17, 15) is 40.8 Å². The largest absolute Gasteiger partial charge is 0.460 e. The number of hydrogen-bond acceptors (Lipinski definition) is 2. The van der Waals surface area contributed by atoms with Gasteiger partial charge in [0.2, 0.25) is 0 Å². The molecule has 0 saturated carbocycles. The van der Waals surface area contributed by atoms with Gasteiger partial charge in [-0.1, -0.05) is 0 Å². The van der Waals surface area contributed by atoms with Crippen molar-refractivity contribution in [1.82, 2.24) is 0 Å². The Morgan fingerprint density at radius 2 is 1.36 bits per heavy atom. The van der Waals surface area contributed by atoms with Crippen molar-refractivity contribution < 1.29 is 35.7 Å². The molecule has 0 fully saturated rings. The average Bonchev–Trinajstić information content (AvgIpc) is 1.80. The molecular formula is C4H2F7NO2. The zero-order valence-corrected chi connectivity index (χ0v) is 6.12. The van der Waals surface area contributed by atoms with Crippen molar-refractivity contribution in [2.24, 2.45) is 0 Å². The van der Waals surface area contributed by atoms with Gasteiger partial charge in [0, 0.05) is 4.92 Å². The number of nitro groups is 1. The molecule has 0 heterocycles. The third-order valence-corrected chi connectivity index (χ3v) is 1.14. The van der Waals surface area contributed by atoms with Gasteiger partial charge < -0.3 is 0 Å². The van der Waals surface area contributed by atoms with Crippen LogP contribution in [-0.2, 0) is 0 Å². The van der Waals surface area contributed by atoms with E-state index in [1.807, 2.05) is 0 Å². The van der Waals surface area contributed by atoms with E-state index in [1.54, 1.807) is 0 Å². The van der Waals surface area contributed by atoms with Crippen LogP contribution in [0.2, 0.25) is 0 Å². The van der Waals surface area contributed by atoms with E-state index < -0.39 is 29.5 Å². The number of halogens is 7. The monoisotopic (exact) mass is 229 g/mol. The molecule has 0 aromatic rings. The second kappa shape index (κ2) is 3.24. The lowest BCUT2D eigenvalue weighted by Crippen LogP contribution is -2.55. The SMILES string of the molecule is O=[N+]([O-])CC(F)(F)C(F)(F)C(F)(F)F. The molecule has 0 amide bonds. The van der Waals surface area contributed by atoms with E-state index >= 15 is 0 Å². The van der Waals surface area contributed by atoms with Gasteiger partial charge in [0.25, 0.3) is 6.54 Å². The molecule has 10 heteroatoms. The van der Waals surface area contributed by atoms with Crippen molar-refractivity contribution in [3.05, 3.63) is 10.1 Å². The normalized spacial score (nSPS) is 14.2. The lowest BCUT2D eigenvalue weighted by molar-refractivity contribution is -0.525. The van der Waals surface area contributed by atoms with Crippen molar-refractivity contribution in [2.45, 2.75) is 18.0 Å². The molecule has 0 rings (SSSR count). The predicted molar refractivity (Wildman–Crippen MR) is 27.8 cm³/mol. The fourth-order valence-corrected chi connectivity index (χ4v) is 0.469. The molecule has 0 atom stereocenters. The Morgan fingerprint density at radius 1 is 1.00 bits per heavy atom. The Labute approximate surface area is 71.6 Å². The summed E-state index contributed by atoms with van der Waals surface area (Å²) in [6.45, 7) is -2.78. The van der Waals surface area contributed by atoms with Gasteiger partial charge in [-0.05, 0) is 0 Å². The molecule has 0 aliphatic heterocycles. The summed E-state index contributed by atoms with van der Waals surface area (Å²) < 4.78 is 81.8. The van der Waals surface area contributed by atoms with Crippen LogP contribution in [0.5, 0.6) is 0 Å². The lowest BCUT2D eigenvalue weighted by Gasteiger charge is -2.25. The van der Waals surface area contributed by atoms with E-state index in [4.69, 9.17) is 0 Å². The van der Waals surface area contributed by atoms with Crippen LogP contribution < -0.4 is 0 Å². The van der Waals surface area contributed by atoms with Gasteiger partial charge in [0.1, 0.15) is 0 Å². The fourth-order valence-electron chi connectivity index (χ4n) is 0.469. The molecule has 0 saturated heterocycles. The smallest absolute Gasteiger partial charge is 0.264 e. The van der Waals surface area contributed by atoms with Gasteiger partial charge in [0.05, 0.1) is 0 Å². The maximum atomic E-state index is 12.0. The molecule has 0 bridgehead atoms. The number of nitrogens with zero attached hydrogens (tertiary/aromatic N) is 1. The van der Waals surface area contributed by atoms with E-state index in [0.717, 1.165) is 0 Å². The molecule has 0 aromatic heterocycles. The molecule has 14 heavy (non-hydrogen) atoms. The first kappa shape index (κ1) is 12.9. The number of rotatable bonds is 3. The molecule has 0 aliphatic rings. The van der Waals surface area contributed by atoms with E-state index in [2.05, 4.69) is 0 Å². The molecule has 0 spiro atoms. The Kier molecular flexibility index (Phi) is 2.99. The molecule has 84 valence electrons. The molecule has 0 aliphatic carbocycles. The summed E-state index contributed by atoms with van der Waals surface area (Å²) in [5.41, 5.74) is 0. The summed E-state index contributed by atoms with van der Waals surface area (Å²) in [6.07, 6.45) is -6.52. The minimum atomic E-state index is -6.52. The lowest BCUT2D eigenvalue weighted by atomic mass is 10.1. The van der Waals surface area contributed by atoms with Crippen LogP contribution in [0.3, 0.4) is 0 Å². The highest BCUT2D eigenvalue weighted by Crippen LogP contribution is 2.46. The predicted octanol–water partition coefficient (Wildman–Crippen LogP) is 2.10. The summed E-state index contributed by atoms with van der Waals surface area (Å²) >= 11 is 0. The molecule has 0 N–H and O–H groups in total. The van der Waals surface area contributed by atoms with Gasteiger partial charge in [-0.2, -0.15) is 30.7 Å². The minimum Gasteiger partial charge on any atom is -0.264 e. The zero-order valence-electron chi connectivity index (χ0n) is 6.12. The maximum Gasteiger partial charge on any atom is 0.460 e. The molecule has 0 radical (unpaired) electrons. The minimum absolute atomic E-state index is 1.94. The van der Waals surface area contributed by atoms with Crippen LogP contribution in [-0.4, -0.2) is 29.5 Å². The highest BCUT2D eigenvalue weighted by molar-refractivity contribution is 4.90. The first-order chi connectivity index (χ1) is 5.92. The highest BCUT2D eigenvalue weighted by Gasteiger charge is 2.75. The van der Waals surface area contributed by atoms with Gasteiger partial charge in [0.15, 0.2) is 0 Å². The molecular weight excluding hydrogens is 227 g/mol. The summed E-state index contributed by atoms with van der Waals surface area (Å²) in [6, 6.07) is 0. The fraction of sp³-hybridized carbons (Fsp3) is 1.00. The van der Waals surface area contributed by atoms with E-state index in [0.29, 0.717) is 0 Å². The Hall–Kier alpha value is -1.09. The van der Waals surface area contributed by atoms with Crippen LogP contribution >= 0.6 is 0 Å². The van der Waals surface area contributed by atoms with Crippen molar-refractivity contribution in [2.75, 3.05) is 6.54 Å². The molecule has 0 unspecified atom stereocenters. The summed E-state index contributed by atoms with van der Waals surface area (Å²) in [4.78, 5) is 7.47. The molecule has 0 aromatic carbocycles. The van der Waals surface area contributed by atoms with Crippen LogP contribution in [0.25, 0.3) is 0 Å². The summed E-state index contributed by atoms with van der Waals surface area (Å²) in [5.74, 6) is -12.2. The Bertz CT molecular complexity index is 234. The van der Waals surface area contributed by atoms with Crippen LogP contribution in [0, 0.1) is 10.1 Å². The topological polar surface area (TPSA) is 43.1 Å². The number of hydrogen-bond donors (Lipinski definition) is 0. The number of alkyl halides is 7. The third kappa shape index (κ3) is 2.23. The van der Waals surface area contributed by atoms with Crippen LogP contribution in [0.4, 0.5) is 30.7 Å². The Balaban J connectivity index is 4.97. The van der Waals surface area contributed by atoms with Crippen LogP contribution in [0.1, 0.15) is 0 Å². The van der Waals surface area contributed by atoms with Crippen molar-refractivity contribution >= 4 is 0 Å². The standard InChI is InChI=1S/C4H2F7NO2/c5-2(6,1-12(13)14)3(7,8)4(9,10)11/h1H2. The van der Waals surface area contributed by atoms with Crippen LogP contribution in [0.15, 0.2) is 0 Å². The summed E-state index contributed by atoms with van der Waals surface area (Å²) in [7, 11) is 0. The van der Waals surface area contributed by atoms with E-state index in [-0.39, 0.29) is 0 Å². The summed E-state index contributed by atoms with van der Waals surface area (Å²) in [5, 5.41) is 9.41. The van der Waals surface area contributed by atoms with Crippen molar-refractivity contribution in [1.29, 1.82) is 0 Å². The molecule has 3 nitrogen and oxygen atoms in total. The van der Waals surface area contributed by atoms with E-state index in [1.165, 1.54) is 0 Å². The van der Waals surface area contributed by atoms with Gasteiger partial charge in [-0.15, -0.1) is 0 Å². The zero-order chi connectivity index (χ0) is 11.8. The second-order valence-corrected chi connectivity index (χ2v) is 2.27. The van der Waals surface area contributed by atoms with Crippen molar-refractivity contribution in [3.63, 3.8) is 0 Å². The van der Waals surface area contributed by atoms with Gasteiger partial charge in [-0.25, -0.2) is 0 Å². The second-order valence-electron chi connectivity index (χ2n) is 2.27. The van der Waals surface area contributed by atoms with Gasteiger partial charge in [-0.3, -0.25) is 10.1 Å². The van der Waals surface area contributed by atoms with Crippen molar-refractivity contribution in [3.8, 4) is 0 Å². The first-order valence-electron chi connectivity index (χ1n) is 2.86. The average molecular weight is 229 g/mol. The third-order valence-electron chi connectivity index (χ3n) is 1.14. The van der Waals surface area contributed by atoms with Gasteiger partial charge >= 0.3 is 18.0 Å².